The predicted octanol–water partition coefficient (Wildman–Crippen LogP) is 3.78. The SMILES string of the molecule is C[C@@H](OC(=O)COc1ccc2c(c1)CCC2)C(=O)Nc1ccc(Cl)cc1. The molecule has 1 amide bonds. The normalized spacial score (nSPS) is 13.6. The molecule has 0 unspecified atom stereocenters. The standard InChI is InChI=1S/C20H20ClNO4/c1-13(20(24)22-17-8-6-16(21)7-9-17)26-19(23)12-25-18-10-5-14-3-2-4-15(14)11-18/h5-11,13H,2-4,12H2,1H3,(H,22,24)/t13-/m1/s1. The maximum Gasteiger partial charge on any atom is 0.344 e. The number of hydrogen-bond donors (Lipinski definition) is 1. The first-order chi connectivity index (χ1) is 12.5. The van der Waals surface area contributed by atoms with Crippen LogP contribution in [0, 0.1) is 0 Å². The molecule has 3 rings (SSSR count). The zero-order chi connectivity index (χ0) is 18.5. The second-order valence-corrected chi connectivity index (χ2v) is 6.64. The number of amides is 1. The lowest BCUT2D eigenvalue weighted by Gasteiger charge is -2.14. The van der Waals surface area contributed by atoms with Crippen LogP contribution in [0.25, 0.3) is 0 Å². The van der Waals surface area contributed by atoms with Gasteiger partial charge in [0, 0.05) is 10.7 Å². The summed E-state index contributed by atoms with van der Waals surface area (Å²) in [5.41, 5.74) is 3.19. The van der Waals surface area contributed by atoms with Crippen molar-refractivity contribution in [1.29, 1.82) is 0 Å². The van der Waals surface area contributed by atoms with Gasteiger partial charge in [-0.2, -0.15) is 0 Å². The van der Waals surface area contributed by atoms with Crippen LogP contribution in [-0.2, 0) is 27.2 Å². The Morgan fingerprint density at radius 3 is 2.62 bits per heavy atom. The van der Waals surface area contributed by atoms with Gasteiger partial charge in [0.05, 0.1) is 0 Å². The van der Waals surface area contributed by atoms with E-state index in [2.05, 4.69) is 5.32 Å². The summed E-state index contributed by atoms with van der Waals surface area (Å²) in [5, 5.41) is 3.24. The topological polar surface area (TPSA) is 64.6 Å². The summed E-state index contributed by atoms with van der Waals surface area (Å²) in [6.07, 6.45) is 2.36. The molecule has 0 spiro atoms. The molecular formula is C20H20ClNO4. The average Bonchev–Trinajstić information content (AvgIpc) is 3.09. The molecule has 136 valence electrons. The van der Waals surface area contributed by atoms with Crippen molar-refractivity contribution in [3.63, 3.8) is 0 Å². The van der Waals surface area contributed by atoms with E-state index in [9.17, 15) is 9.59 Å². The van der Waals surface area contributed by atoms with Gasteiger partial charge in [-0.05, 0) is 73.7 Å². The first kappa shape index (κ1) is 18.3. The lowest BCUT2D eigenvalue weighted by molar-refractivity contribution is -0.155. The highest BCUT2D eigenvalue weighted by atomic mass is 35.5. The van der Waals surface area contributed by atoms with Gasteiger partial charge in [-0.15, -0.1) is 0 Å². The Hall–Kier alpha value is -2.53. The van der Waals surface area contributed by atoms with Crippen molar-refractivity contribution in [1.82, 2.24) is 0 Å². The fourth-order valence-electron chi connectivity index (χ4n) is 2.84. The van der Waals surface area contributed by atoms with E-state index in [1.807, 2.05) is 18.2 Å². The Bertz CT molecular complexity index is 804. The Labute approximate surface area is 157 Å². The van der Waals surface area contributed by atoms with Crippen LogP contribution in [0.2, 0.25) is 5.02 Å². The fourth-order valence-corrected chi connectivity index (χ4v) is 2.97. The first-order valence-corrected chi connectivity index (χ1v) is 8.89. The second kappa shape index (κ2) is 8.23. The number of halogens is 1. The number of esters is 1. The molecular weight excluding hydrogens is 354 g/mol. The molecule has 6 heteroatoms. The molecule has 2 aromatic rings. The van der Waals surface area contributed by atoms with E-state index in [0.717, 1.165) is 19.3 Å². The summed E-state index contributed by atoms with van der Waals surface area (Å²) in [6.45, 7) is 1.27. The highest BCUT2D eigenvalue weighted by molar-refractivity contribution is 6.30. The Balaban J connectivity index is 1.46. The maximum atomic E-state index is 12.1. The summed E-state index contributed by atoms with van der Waals surface area (Å²) in [6, 6.07) is 12.5. The molecule has 0 bridgehead atoms. The fraction of sp³-hybridized carbons (Fsp3) is 0.300. The number of carbonyl (C=O) groups is 2. The van der Waals surface area contributed by atoms with Gasteiger partial charge in [-0.25, -0.2) is 4.79 Å². The molecule has 1 N–H and O–H groups in total. The zero-order valence-electron chi connectivity index (χ0n) is 14.5. The van der Waals surface area contributed by atoms with Crippen LogP contribution in [0.3, 0.4) is 0 Å². The van der Waals surface area contributed by atoms with Crippen LogP contribution in [0.15, 0.2) is 42.5 Å². The largest absolute Gasteiger partial charge is 0.482 e. The summed E-state index contributed by atoms with van der Waals surface area (Å²) in [7, 11) is 0. The second-order valence-electron chi connectivity index (χ2n) is 6.20. The third-order valence-electron chi connectivity index (χ3n) is 4.22. The number of rotatable bonds is 6. The number of nitrogens with one attached hydrogen (secondary N) is 1. The zero-order valence-corrected chi connectivity index (χ0v) is 15.2. The smallest absolute Gasteiger partial charge is 0.344 e. The van der Waals surface area contributed by atoms with Crippen molar-refractivity contribution in [2.75, 3.05) is 11.9 Å². The minimum absolute atomic E-state index is 0.239. The quantitative estimate of drug-likeness (QED) is 0.783. The van der Waals surface area contributed by atoms with Gasteiger partial charge < -0.3 is 14.8 Å². The highest BCUT2D eigenvalue weighted by Gasteiger charge is 2.19. The average molecular weight is 374 g/mol. The van der Waals surface area contributed by atoms with Gasteiger partial charge >= 0.3 is 5.97 Å². The van der Waals surface area contributed by atoms with E-state index < -0.39 is 18.0 Å². The first-order valence-electron chi connectivity index (χ1n) is 8.52. The molecule has 1 aliphatic carbocycles. The van der Waals surface area contributed by atoms with Gasteiger partial charge in [0.25, 0.3) is 5.91 Å². The summed E-state index contributed by atoms with van der Waals surface area (Å²) < 4.78 is 10.6. The van der Waals surface area contributed by atoms with Crippen molar-refractivity contribution in [3.05, 3.63) is 58.6 Å². The molecule has 26 heavy (non-hydrogen) atoms. The lowest BCUT2D eigenvalue weighted by atomic mass is 10.1. The van der Waals surface area contributed by atoms with Crippen LogP contribution in [-0.4, -0.2) is 24.6 Å². The number of aryl methyl sites for hydroxylation is 2. The number of anilines is 1. The van der Waals surface area contributed by atoms with Gasteiger partial charge in [-0.1, -0.05) is 17.7 Å². The predicted molar refractivity (Wildman–Crippen MR) is 99.6 cm³/mol. The van der Waals surface area contributed by atoms with Gasteiger partial charge in [0.1, 0.15) is 5.75 Å². The minimum Gasteiger partial charge on any atom is -0.482 e. The molecule has 0 aromatic heterocycles. The number of fused-ring (bicyclic) bond motifs is 1. The summed E-state index contributed by atoms with van der Waals surface area (Å²) >= 11 is 5.80. The van der Waals surface area contributed by atoms with Crippen LogP contribution in [0.5, 0.6) is 5.75 Å². The molecule has 1 aliphatic rings. The molecule has 5 nitrogen and oxygen atoms in total. The van der Waals surface area contributed by atoms with Crippen molar-refractivity contribution in [2.45, 2.75) is 32.3 Å². The molecule has 0 saturated heterocycles. The van der Waals surface area contributed by atoms with E-state index in [1.54, 1.807) is 24.3 Å². The van der Waals surface area contributed by atoms with E-state index in [1.165, 1.54) is 18.1 Å². The molecule has 0 fully saturated rings. The third kappa shape index (κ3) is 4.76. The van der Waals surface area contributed by atoms with E-state index in [-0.39, 0.29) is 6.61 Å². The molecule has 0 radical (unpaired) electrons. The monoisotopic (exact) mass is 373 g/mol. The summed E-state index contributed by atoms with van der Waals surface area (Å²) in [4.78, 5) is 24.0. The third-order valence-corrected chi connectivity index (χ3v) is 4.47. The van der Waals surface area contributed by atoms with Crippen molar-refractivity contribution in [3.8, 4) is 5.75 Å². The Kier molecular flexibility index (Phi) is 5.78. The molecule has 0 aliphatic heterocycles. The molecule has 0 heterocycles. The van der Waals surface area contributed by atoms with Gasteiger partial charge in [-0.3, -0.25) is 4.79 Å². The molecule has 0 saturated carbocycles. The summed E-state index contributed by atoms with van der Waals surface area (Å²) in [5.74, 6) is -0.372. The Morgan fingerprint density at radius 2 is 1.85 bits per heavy atom. The lowest BCUT2D eigenvalue weighted by Crippen LogP contribution is -2.31. The van der Waals surface area contributed by atoms with Crippen LogP contribution < -0.4 is 10.1 Å². The number of ether oxygens (including phenoxy) is 2. The van der Waals surface area contributed by atoms with E-state index in [4.69, 9.17) is 21.1 Å². The van der Waals surface area contributed by atoms with Crippen LogP contribution in [0.4, 0.5) is 5.69 Å². The number of carbonyl (C=O) groups excluding carboxylic acids is 2. The highest BCUT2D eigenvalue weighted by Crippen LogP contribution is 2.26. The van der Waals surface area contributed by atoms with Crippen molar-refractivity contribution >= 4 is 29.2 Å². The van der Waals surface area contributed by atoms with Crippen molar-refractivity contribution in [2.24, 2.45) is 0 Å². The van der Waals surface area contributed by atoms with Crippen LogP contribution in [0.1, 0.15) is 24.5 Å². The van der Waals surface area contributed by atoms with E-state index >= 15 is 0 Å². The van der Waals surface area contributed by atoms with Crippen LogP contribution >= 0.6 is 11.6 Å². The molecule has 1 atom stereocenters. The minimum atomic E-state index is -0.929. The van der Waals surface area contributed by atoms with Crippen molar-refractivity contribution < 1.29 is 19.1 Å². The Morgan fingerprint density at radius 1 is 1.12 bits per heavy atom. The number of benzene rings is 2. The van der Waals surface area contributed by atoms with Gasteiger partial charge in [0.15, 0.2) is 12.7 Å². The number of hydrogen-bond acceptors (Lipinski definition) is 4. The van der Waals surface area contributed by atoms with E-state index in [0.29, 0.717) is 16.5 Å². The maximum absolute atomic E-state index is 12.1. The molecule has 2 aromatic carbocycles. The van der Waals surface area contributed by atoms with Gasteiger partial charge in [0.2, 0.25) is 0 Å².